The van der Waals surface area contributed by atoms with Crippen molar-refractivity contribution in [1.29, 1.82) is 0 Å². The van der Waals surface area contributed by atoms with Gasteiger partial charge in [-0.2, -0.15) is 0 Å². The van der Waals surface area contributed by atoms with E-state index in [9.17, 15) is 18.7 Å². The molecule has 0 aliphatic rings. The minimum absolute atomic E-state index is 0.0692. The van der Waals surface area contributed by atoms with Crippen molar-refractivity contribution in [3.8, 4) is 16.9 Å². The Morgan fingerprint density at radius 1 is 1.10 bits per heavy atom. The molecule has 0 fully saturated rings. The highest BCUT2D eigenvalue weighted by Crippen LogP contribution is 2.29. The average Bonchev–Trinajstić information content (AvgIpc) is 2.63. The number of carbonyl (C=O) groups is 2. The van der Waals surface area contributed by atoms with E-state index >= 15 is 0 Å². The summed E-state index contributed by atoms with van der Waals surface area (Å²) < 4.78 is 32.4. The molecule has 0 heterocycles. The van der Waals surface area contributed by atoms with Crippen molar-refractivity contribution in [2.75, 3.05) is 13.1 Å². The minimum atomic E-state index is -0.833. The molecule has 0 radical (unpaired) electrons. The molecule has 0 aliphatic heterocycles. The Bertz CT molecular complexity index is 849. The molecule has 29 heavy (non-hydrogen) atoms. The number of aliphatic carboxylic acids is 1. The Morgan fingerprint density at radius 2 is 1.69 bits per heavy atom. The summed E-state index contributed by atoms with van der Waals surface area (Å²) in [5.74, 6) is -3.24. The van der Waals surface area contributed by atoms with Gasteiger partial charge in [-0.25, -0.2) is 13.6 Å². The number of carboxylic acid groups (broad SMARTS) is 1. The van der Waals surface area contributed by atoms with Crippen LogP contribution in [0.5, 0.6) is 5.75 Å². The molecule has 0 aromatic heterocycles. The van der Waals surface area contributed by atoms with E-state index in [0.717, 1.165) is 19.1 Å². The Hall–Kier alpha value is -3.00. The number of ether oxygens (including phenoxy) is 1. The van der Waals surface area contributed by atoms with Crippen LogP contribution < -0.4 is 0 Å². The summed E-state index contributed by atoms with van der Waals surface area (Å²) >= 11 is 0. The SMILES string of the molecule is CC(=O)O.CCN(CC)C(C)OC(=O)c1cc(-c2ccc(F)cc2F)ccc1O. The first-order chi connectivity index (χ1) is 13.6. The first kappa shape index (κ1) is 24.0. The molecule has 2 aromatic rings. The van der Waals surface area contributed by atoms with Crippen molar-refractivity contribution in [1.82, 2.24) is 4.90 Å². The van der Waals surface area contributed by atoms with Crippen LogP contribution in [0.4, 0.5) is 8.78 Å². The highest BCUT2D eigenvalue weighted by Gasteiger charge is 2.20. The third kappa shape index (κ3) is 7.15. The Kier molecular flexibility index (Phi) is 9.21. The first-order valence-electron chi connectivity index (χ1n) is 9.03. The van der Waals surface area contributed by atoms with Gasteiger partial charge in [-0.15, -0.1) is 0 Å². The topological polar surface area (TPSA) is 87.1 Å². The van der Waals surface area contributed by atoms with Gasteiger partial charge in [0.05, 0.1) is 0 Å². The minimum Gasteiger partial charge on any atom is -0.507 e. The van der Waals surface area contributed by atoms with Crippen LogP contribution in [-0.2, 0) is 9.53 Å². The molecule has 1 atom stereocenters. The van der Waals surface area contributed by atoms with Crippen LogP contribution in [0.2, 0.25) is 0 Å². The van der Waals surface area contributed by atoms with Crippen molar-refractivity contribution in [2.45, 2.75) is 33.9 Å². The van der Waals surface area contributed by atoms with Crippen LogP contribution in [0.3, 0.4) is 0 Å². The fraction of sp³-hybridized carbons (Fsp3) is 0.333. The van der Waals surface area contributed by atoms with Gasteiger partial charge in [0.2, 0.25) is 0 Å². The van der Waals surface area contributed by atoms with Crippen LogP contribution in [-0.4, -0.2) is 46.4 Å². The summed E-state index contributed by atoms with van der Waals surface area (Å²) in [6.07, 6.45) is -0.465. The van der Waals surface area contributed by atoms with E-state index < -0.39 is 29.8 Å². The van der Waals surface area contributed by atoms with E-state index in [4.69, 9.17) is 14.6 Å². The van der Waals surface area contributed by atoms with Crippen LogP contribution in [0.25, 0.3) is 11.1 Å². The molecule has 0 aliphatic carbocycles. The van der Waals surface area contributed by atoms with Gasteiger partial charge in [-0.3, -0.25) is 9.69 Å². The van der Waals surface area contributed by atoms with Gasteiger partial charge in [0.25, 0.3) is 5.97 Å². The summed E-state index contributed by atoms with van der Waals surface area (Å²) in [4.78, 5) is 23.3. The molecular weight excluding hydrogens is 384 g/mol. The highest BCUT2D eigenvalue weighted by molar-refractivity contribution is 5.94. The normalized spacial score (nSPS) is 11.4. The zero-order valence-electron chi connectivity index (χ0n) is 16.8. The standard InChI is InChI=1S/C19H21F2NO3.C2H4O2/c1-4-22(5-2)12(3)25-19(24)16-10-13(6-9-18(16)23)15-8-7-14(20)11-17(15)21;1-2(3)4/h6-12,23H,4-5H2,1-3H3;1H3,(H,3,4). The van der Waals surface area contributed by atoms with Gasteiger partial charge >= 0.3 is 5.97 Å². The second kappa shape index (κ2) is 11.1. The molecule has 1 unspecified atom stereocenters. The first-order valence-corrected chi connectivity index (χ1v) is 9.03. The average molecular weight is 409 g/mol. The Morgan fingerprint density at radius 3 is 2.21 bits per heavy atom. The molecule has 2 N–H and O–H groups in total. The fourth-order valence-electron chi connectivity index (χ4n) is 2.62. The van der Waals surface area contributed by atoms with Gasteiger partial charge in [-0.1, -0.05) is 19.9 Å². The number of phenolic OH excluding ortho intramolecular Hbond substituents is 1. The largest absolute Gasteiger partial charge is 0.507 e. The molecule has 0 spiro atoms. The maximum Gasteiger partial charge on any atom is 0.343 e. The molecule has 2 rings (SSSR count). The third-order valence-electron chi connectivity index (χ3n) is 4.06. The number of phenols is 1. The summed E-state index contributed by atoms with van der Waals surface area (Å²) in [6, 6.07) is 7.26. The smallest absolute Gasteiger partial charge is 0.343 e. The fourth-order valence-corrected chi connectivity index (χ4v) is 2.62. The van der Waals surface area contributed by atoms with Gasteiger partial charge < -0.3 is 14.9 Å². The van der Waals surface area contributed by atoms with E-state index in [2.05, 4.69) is 0 Å². The number of hydrogen-bond acceptors (Lipinski definition) is 5. The maximum atomic E-state index is 14.0. The number of halogens is 2. The second-order valence-corrected chi connectivity index (χ2v) is 6.10. The van der Waals surface area contributed by atoms with Crippen molar-refractivity contribution in [3.63, 3.8) is 0 Å². The monoisotopic (exact) mass is 409 g/mol. The molecule has 8 heteroatoms. The lowest BCUT2D eigenvalue weighted by atomic mass is 10.0. The molecule has 0 saturated heterocycles. The second-order valence-electron chi connectivity index (χ2n) is 6.10. The van der Waals surface area contributed by atoms with Gasteiger partial charge in [0.15, 0.2) is 6.23 Å². The summed E-state index contributed by atoms with van der Waals surface area (Å²) in [6.45, 7) is 8.13. The zero-order valence-corrected chi connectivity index (χ0v) is 16.8. The third-order valence-corrected chi connectivity index (χ3v) is 4.06. The van der Waals surface area contributed by atoms with Gasteiger partial charge in [-0.05, 0) is 49.8 Å². The van der Waals surface area contributed by atoms with Crippen molar-refractivity contribution < 1.29 is 33.3 Å². The molecule has 158 valence electrons. The number of hydrogen-bond donors (Lipinski definition) is 2. The van der Waals surface area contributed by atoms with Crippen LogP contribution >= 0.6 is 0 Å². The Balaban J connectivity index is 0.000000960. The van der Waals surface area contributed by atoms with E-state index in [1.54, 1.807) is 6.92 Å². The number of nitrogens with zero attached hydrogens (tertiary/aromatic N) is 1. The molecule has 6 nitrogen and oxygen atoms in total. The van der Waals surface area contributed by atoms with E-state index in [-0.39, 0.29) is 16.9 Å². The van der Waals surface area contributed by atoms with Crippen molar-refractivity contribution in [2.24, 2.45) is 0 Å². The quantitative estimate of drug-likeness (QED) is 0.547. The zero-order chi connectivity index (χ0) is 22.1. The number of carbonyl (C=O) groups excluding carboxylic acids is 1. The lowest BCUT2D eigenvalue weighted by Crippen LogP contribution is -2.36. The van der Waals surface area contributed by atoms with Crippen LogP contribution in [0.1, 0.15) is 38.1 Å². The number of aromatic hydroxyl groups is 1. The number of rotatable bonds is 6. The molecule has 0 bridgehead atoms. The van der Waals surface area contributed by atoms with Crippen molar-refractivity contribution >= 4 is 11.9 Å². The summed E-state index contributed by atoms with van der Waals surface area (Å²) in [5.41, 5.74) is 0.408. The molecule has 0 amide bonds. The predicted octanol–water partition coefficient (Wildman–Crippen LogP) is 4.27. The molecular formula is C21H25F2NO5. The highest BCUT2D eigenvalue weighted by atomic mass is 19.1. The van der Waals surface area contributed by atoms with Crippen LogP contribution in [0, 0.1) is 11.6 Å². The number of carboxylic acids is 1. The maximum absolute atomic E-state index is 14.0. The molecule has 0 saturated carbocycles. The summed E-state index contributed by atoms with van der Waals surface area (Å²) in [7, 11) is 0. The van der Waals surface area contributed by atoms with E-state index in [1.165, 1.54) is 24.3 Å². The van der Waals surface area contributed by atoms with Gasteiger partial charge in [0.1, 0.15) is 22.9 Å². The van der Waals surface area contributed by atoms with E-state index in [0.29, 0.717) is 18.7 Å². The lowest BCUT2D eigenvalue weighted by Gasteiger charge is -2.26. The molecule has 2 aromatic carbocycles. The number of esters is 1. The lowest BCUT2D eigenvalue weighted by molar-refractivity contribution is -0.134. The van der Waals surface area contributed by atoms with Crippen molar-refractivity contribution in [3.05, 3.63) is 53.6 Å². The number of benzene rings is 2. The van der Waals surface area contributed by atoms with Gasteiger partial charge in [0, 0.05) is 18.6 Å². The van der Waals surface area contributed by atoms with Crippen LogP contribution in [0.15, 0.2) is 36.4 Å². The predicted molar refractivity (Wildman–Crippen MR) is 105 cm³/mol. The Labute approximate surface area is 168 Å². The summed E-state index contributed by atoms with van der Waals surface area (Å²) in [5, 5.41) is 17.4. The van der Waals surface area contributed by atoms with E-state index in [1.807, 2.05) is 18.7 Å².